The summed E-state index contributed by atoms with van der Waals surface area (Å²) in [7, 11) is 0. The van der Waals surface area contributed by atoms with Gasteiger partial charge in [-0.25, -0.2) is 0 Å². The standard InChI is InChI=1S/C29H45NO6/c1-2-3-7-10-22(31)14-15-24-23(26(33)20-27(24)34)11-8-5-4-6-9-12-29(36)30-18-17-21-13-16-25(32)28(35)19-21/h5,8,13-16,19,22-24,26-27,31-35H,2-4,6-7,9-12,17-18,20H2,1H3,(H,30,36)/b8-5-,15-14+/t22?,23-,24-,26+,27-/m1/s1. The van der Waals surface area contributed by atoms with Gasteiger partial charge in [-0.2, -0.15) is 0 Å². The summed E-state index contributed by atoms with van der Waals surface area (Å²) < 4.78 is 0. The molecule has 7 nitrogen and oxygen atoms in total. The number of benzene rings is 1. The second-order valence-corrected chi connectivity index (χ2v) is 9.94. The first-order valence-corrected chi connectivity index (χ1v) is 13.5. The molecule has 2 rings (SSSR count). The molecule has 1 amide bonds. The van der Waals surface area contributed by atoms with Crippen molar-refractivity contribution in [2.75, 3.05) is 6.54 Å². The van der Waals surface area contributed by atoms with Gasteiger partial charge in [-0.15, -0.1) is 0 Å². The van der Waals surface area contributed by atoms with Gasteiger partial charge in [0.25, 0.3) is 0 Å². The summed E-state index contributed by atoms with van der Waals surface area (Å²) in [5, 5.41) is 52.6. The number of amides is 1. The Balaban J connectivity index is 1.62. The van der Waals surface area contributed by atoms with Crippen LogP contribution in [-0.2, 0) is 11.2 Å². The minimum absolute atomic E-state index is 0.00319. The van der Waals surface area contributed by atoms with E-state index in [1.54, 1.807) is 12.1 Å². The minimum Gasteiger partial charge on any atom is -0.504 e. The van der Waals surface area contributed by atoms with Gasteiger partial charge >= 0.3 is 0 Å². The van der Waals surface area contributed by atoms with Gasteiger partial charge in [-0.05, 0) is 62.1 Å². The van der Waals surface area contributed by atoms with E-state index >= 15 is 0 Å². The van der Waals surface area contributed by atoms with Crippen molar-refractivity contribution in [2.45, 2.75) is 95.9 Å². The fraction of sp³-hybridized carbons (Fsp3) is 0.621. The van der Waals surface area contributed by atoms with Gasteiger partial charge < -0.3 is 30.8 Å². The summed E-state index contributed by atoms with van der Waals surface area (Å²) in [5.74, 6) is -0.527. The summed E-state index contributed by atoms with van der Waals surface area (Å²) in [6.07, 6.45) is 14.7. The van der Waals surface area contributed by atoms with Gasteiger partial charge in [-0.3, -0.25) is 4.79 Å². The van der Waals surface area contributed by atoms with Crippen molar-refractivity contribution in [3.05, 3.63) is 48.1 Å². The number of aliphatic hydroxyl groups excluding tert-OH is 3. The van der Waals surface area contributed by atoms with E-state index in [2.05, 4.69) is 24.4 Å². The molecule has 1 saturated carbocycles. The molecule has 1 fully saturated rings. The number of phenolic OH excluding ortho intramolecular Hbond substituents is 2. The highest BCUT2D eigenvalue weighted by Gasteiger charge is 2.39. The van der Waals surface area contributed by atoms with E-state index in [-0.39, 0.29) is 29.2 Å². The number of nitrogens with one attached hydrogen (secondary N) is 1. The van der Waals surface area contributed by atoms with E-state index < -0.39 is 18.3 Å². The Morgan fingerprint density at radius 2 is 1.89 bits per heavy atom. The second-order valence-electron chi connectivity index (χ2n) is 9.94. The van der Waals surface area contributed by atoms with Crippen LogP contribution in [0.5, 0.6) is 11.5 Å². The molecular weight excluding hydrogens is 458 g/mol. The first-order valence-electron chi connectivity index (χ1n) is 13.5. The molecule has 6 N–H and O–H groups in total. The molecule has 5 atom stereocenters. The molecule has 1 aromatic rings. The molecule has 1 aromatic carbocycles. The zero-order valence-corrected chi connectivity index (χ0v) is 21.6. The number of aliphatic hydroxyl groups is 3. The van der Waals surface area contributed by atoms with E-state index in [4.69, 9.17) is 0 Å². The molecule has 36 heavy (non-hydrogen) atoms. The number of phenols is 2. The Morgan fingerprint density at radius 1 is 1.08 bits per heavy atom. The smallest absolute Gasteiger partial charge is 0.220 e. The minimum atomic E-state index is -0.587. The van der Waals surface area contributed by atoms with Gasteiger partial charge in [0, 0.05) is 25.3 Å². The maximum atomic E-state index is 12.0. The Bertz CT molecular complexity index is 839. The van der Waals surface area contributed by atoms with Gasteiger partial charge in [0.15, 0.2) is 11.5 Å². The Hall–Kier alpha value is -2.35. The third-order valence-corrected chi connectivity index (χ3v) is 6.95. The van der Waals surface area contributed by atoms with Crippen molar-refractivity contribution in [1.82, 2.24) is 5.32 Å². The monoisotopic (exact) mass is 503 g/mol. The number of carbonyl (C=O) groups excluding carboxylic acids is 1. The summed E-state index contributed by atoms with van der Waals surface area (Å²) in [4.78, 5) is 12.0. The first-order chi connectivity index (χ1) is 17.3. The van der Waals surface area contributed by atoms with Crippen molar-refractivity contribution in [1.29, 1.82) is 0 Å². The SMILES string of the molecule is CCCCCC(O)/C=C/[C@@H]1[C@@H](C/C=C\CCCCC(=O)NCCc2ccc(O)c(O)c2)[C@@H](O)C[C@H]1O. The summed E-state index contributed by atoms with van der Waals surface area (Å²) in [6, 6.07) is 4.65. The molecule has 0 saturated heterocycles. The summed E-state index contributed by atoms with van der Waals surface area (Å²) in [6.45, 7) is 2.61. The van der Waals surface area contributed by atoms with Gasteiger partial charge in [0.2, 0.25) is 5.91 Å². The molecule has 1 aliphatic carbocycles. The second kappa shape index (κ2) is 16.4. The number of rotatable bonds is 16. The molecule has 0 aromatic heterocycles. The lowest BCUT2D eigenvalue weighted by Crippen LogP contribution is -2.25. The van der Waals surface area contributed by atoms with Crippen molar-refractivity contribution in [2.24, 2.45) is 11.8 Å². The van der Waals surface area contributed by atoms with Crippen molar-refractivity contribution < 1.29 is 30.3 Å². The predicted octanol–water partition coefficient (Wildman–Crippen LogP) is 4.12. The normalized spacial score (nSPS) is 23.0. The quantitative estimate of drug-likeness (QED) is 0.114. The number of allylic oxidation sites excluding steroid dienone is 2. The van der Waals surface area contributed by atoms with Crippen LogP contribution in [0.15, 0.2) is 42.5 Å². The topological polar surface area (TPSA) is 130 Å². The summed E-state index contributed by atoms with van der Waals surface area (Å²) in [5.41, 5.74) is 0.844. The average molecular weight is 504 g/mol. The highest BCUT2D eigenvalue weighted by atomic mass is 16.3. The van der Waals surface area contributed by atoms with Crippen molar-refractivity contribution in [3.8, 4) is 11.5 Å². The highest BCUT2D eigenvalue weighted by Crippen LogP contribution is 2.36. The third kappa shape index (κ3) is 10.7. The van der Waals surface area contributed by atoms with Crippen LogP contribution < -0.4 is 5.32 Å². The number of unbranched alkanes of at least 4 members (excludes halogenated alkanes) is 4. The lowest BCUT2D eigenvalue weighted by molar-refractivity contribution is -0.121. The number of hydrogen-bond donors (Lipinski definition) is 6. The lowest BCUT2D eigenvalue weighted by atomic mass is 9.89. The maximum Gasteiger partial charge on any atom is 0.220 e. The van der Waals surface area contributed by atoms with Crippen LogP contribution in [-0.4, -0.2) is 56.3 Å². The van der Waals surface area contributed by atoms with Gasteiger partial charge in [-0.1, -0.05) is 56.6 Å². The van der Waals surface area contributed by atoms with E-state index in [1.165, 1.54) is 12.1 Å². The Morgan fingerprint density at radius 3 is 2.64 bits per heavy atom. The van der Waals surface area contributed by atoms with Crippen molar-refractivity contribution >= 4 is 5.91 Å². The summed E-state index contributed by atoms with van der Waals surface area (Å²) >= 11 is 0. The van der Waals surface area contributed by atoms with Crippen LogP contribution in [0.25, 0.3) is 0 Å². The van der Waals surface area contributed by atoms with Crippen LogP contribution in [0.3, 0.4) is 0 Å². The van der Waals surface area contributed by atoms with Crippen LogP contribution in [0, 0.1) is 11.8 Å². The highest BCUT2D eigenvalue weighted by molar-refractivity contribution is 5.75. The Kier molecular flexibility index (Phi) is 13.6. The lowest BCUT2D eigenvalue weighted by Gasteiger charge is -2.19. The third-order valence-electron chi connectivity index (χ3n) is 6.95. The van der Waals surface area contributed by atoms with E-state index in [0.717, 1.165) is 50.5 Å². The van der Waals surface area contributed by atoms with Crippen molar-refractivity contribution in [3.63, 3.8) is 0 Å². The van der Waals surface area contributed by atoms with E-state index in [1.807, 2.05) is 6.08 Å². The molecule has 0 spiro atoms. The molecule has 0 heterocycles. The maximum absolute atomic E-state index is 12.0. The molecule has 1 aliphatic rings. The predicted molar refractivity (Wildman–Crippen MR) is 142 cm³/mol. The molecule has 7 heteroatoms. The molecular formula is C29H45NO6. The van der Waals surface area contributed by atoms with Gasteiger partial charge in [0.1, 0.15) is 0 Å². The van der Waals surface area contributed by atoms with Crippen LogP contribution in [0.2, 0.25) is 0 Å². The zero-order chi connectivity index (χ0) is 26.3. The van der Waals surface area contributed by atoms with E-state index in [9.17, 15) is 30.3 Å². The number of aromatic hydroxyl groups is 2. The number of hydrogen-bond acceptors (Lipinski definition) is 6. The van der Waals surface area contributed by atoms with Gasteiger partial charge in [0.05, 0.1) is 18.3 Å². The van der Waals surface area contributed by atoms with Crippen LogP contribution in [0.4, 0.5) is 0 Å². The zero-order valence-electron chi connectivity index (χ0n) is 21.6. The molecule has 0 aliphatic heterocycles. The fourth-order valence-corrected chi connectivity index (χ4v) is 4.74. The average Bonchev–Trinajstić information content (AvgIpc) is 3.11. The van der Waals surface area contributed by atoms with Crippen LogP contribution in [0.1, 0.15) is 76.7 Å². The molecule has 0 bridgehead atoms. The largest absolute Gasteiger partial charge is 0.504 e. The van der Waals surface area contributed by atoms with E-state index in [0.29, 0.717) is 32.2 Å². The molecule has 202 valence electrons. The Labute approximate surface area is 215 Å². The number of carbonyl (C=O) groups is 1. The fourth-order valence-electron chi connectivity index (χ4n) is 4.74. The molecule has 0 radical (unpaired) electrons. The van der Waals surface area contributed by atoms with Crippen LogP contribution >= 0.6 is 0 Å². The molecule has 1 unspecified atom stereocenters. The first kappa shape index (κ1) is 29.9.